The predicted octanol–water partition coefficient (Wildman–Crippen LogP) is -0.273. The van der Waals surface area contributed by atoms with E-state index in [-0.39, 0.29) is 45.2 Å². The normalized spacial score (nSPS) is 6.44. The zero-order valence-electron chi connectivity index (χ0n) is 5.52. The van der Waals surface area contributed by atoms with Crippen LogP contribution in [0.2, 0.25) is 0 Å². The molecule has 0 aromatic rings. The second-order valence-corrected chi connectivity index (χ2v) is 1.58. The van der Waals surface area contributed by atoms with Crippen LogP contribution >= 0.6 is 0 Å². The molecular formula is C5H10O3Ti. The van der Waals surface area contributed by atoms with Crippen LogP contribution in [0.25, 0.3) is 0 Å². The molecule has 0 heterocycles. The quantitative estimate of drug-likeness (QED) is 0.418. The number of rotatable bonds is 2. The molecule has 4 heteroatoms. The van der Waals surface area contributed by atoms with Gasteiger partial charge in [-0.3, -0.25) is 9.59 Å². The molecule has 0 aliphatic carbocycles. The maximum absolute atomic E-state index is 10.0. The number of carbonyl (C=O) groups is 2. The van der Waals surface area contributed by atoms with Gasteiger partial charge in [-0.25, -0.2) is 0 Å². The summed E-state index contributed by atoms with van der Waals surface area (Å²) >= 11 is 0. The molecule has 0 atom stereocenters. The van der Waals surface area contributed by atoms with Crippen molar-refractivity contribution >= 4 is 11.6 Å². The van der Waals surface area contributed by atoms with E-state index in [0.29, 0.717) is 0 Å². The van der Waals surface area contributed by atoms with E-state index in [1.165, 1.54) is 13.8 Å². The monoisotopic (exact) mass is 166 g/mol. The Bertz CT molecular complexity index is 88.4. The smallest absolute Gasteiger partial charge is 0.137 e. The molecule has 0 saturated heterocycles. The van der Waals surface area contributed by atoms with Crippen LogP contribution < -0.4 is 0 Å². The molecule has 0 fully saturated rings. The molecule has 9 heavy (non-hydrogen) atoms. The average Bonchev–Trinajstić information content (AvgIpc) is 1.27. The van der Waals surface area contributed by atoms with Crippen LogP contribution in [-0.4, -0.2) is 17.0 Å². The van der Waals surface area contributed by atoms with Gasteiger partial charge in [0.15, 0.2) is 0 Å². The van der Waals surface area contributed by atoms with E-state index in [0.717, 1.165) is 0 Å². The van der Waals surface area contributed by atoms with Gasteiger partial charge in [-0.15, -0.1) is 0 Å². The zero-order chi connectivity index (χ0) is 5.86. The number of hydrogen-bond donors (Lipinski definition) is 0. The van der Waals surface area contributed by atoms with Crippen LogP contribution in [0.4, 0.5) is 0 Å². The molecule has 0 rings (SSSR count). The Balaban J connectivity index is -0.000000180. The number of ketones is 2. The van der Waals surface area contributed by atoms with Crippen LogP contribution in [0.3, 0.4) is 0 Å². The molecule has 0 unspecified atom stereocenters. The van der Waals surface area contributed by atoms with Crippen molar-refractivity contribution in [3.05, 3.63) is 0 Å². The Morgan fingerprint density at radius 1 is 1.11 bits per heavy atom. The average molecular weight is 166 g/mol. The Labute approximate surface area is 69.0 Å². The summed E-state index contributed by atoms with van der Waals surface area (Å²) in [7, 11) is 0. The molecule has 0 saturated carbocycles. The second kappa shape index (κ2) is 8.01. The third-order valence-electron chi connectivity index (χ3n) is 0.498. The van der Waals surface area contributed by atoms with E-state index in [2.05, 4.69) is 0 Å². The van der Waals surface area contributed by atoms with Crippen molar-refractivity contribution in [2.24, 2.45) is 0 Å². The minimum Gasteiger partial charge on any atom is -0.412 e. The van der Waals surface area contributed by atoms with Gasteiger partial charge in [0.05, 0.1) is 6.42 Å². The van der Waals surface area contributed by atoms with Crippen molar-refractivity contribution < 1.29 is 36.8 Å². The largest absolute Gasteiger partial charge is 0.412 e. The van der Waals surface area contributed by atoms with Crippen LogP contribution in [-0.2, 0) is 31.3 Å². The Hall–Kier alpha value is 0.0143. The fraction of sp³-hybridized carbons (Fsp3) is 0.600. The van der Waals surface area contributed by atoms with Gasteiger partial charge in [0.25, 0.3) is 0 Å². The molecule has 0 aliphatic rings. The number of Topliss-reactive ketones (excluding diaryl/α,β-unsaturated/α-hetero) is 2. The summed E-state index contributed by atoms with van der Waals surface area (Å²) in [6, 6.07) is 0. The zero-order valence-corrected chi connectivity index (χ0v) is 7.09. The minimum atomic E-state index is -0.0625. The Morgan fingerprint density at radius 2 is 1.33 bits per heavy atom. The summed E-state index contributed by atoms with van der Waals surface area (Å²) < 4.78 is 0. The summed E-state index contributed by atoms with van der Waals surface area (Å²) in [5.41, 5.74) is 0. The minimum absolute atomic E-state index is 0. The van der Waals surface area contributed by atoms with Gasteiger partial charge in [0.2, 0.25) is 0 Å². The first-order valence-electron chi connectivity index (χ1n) is 2.12. The standard InChI is InChI=1S/C5H8O2.H2O.Ti/c1-4(6)3-5(2)7;;/h3H2,1-2H3;1H2;. The molecule has 52 valence electrons. The van der Waals surface area contributed by atoms with Gasteiger partial charge >= 0.3 is 0 Å². The molecule has 0 spiro atoms. The Kier molecular flexibility index (Phi) is 14.3. The summed E-state index contributed by atoms with van der Waals surface area (Å²) in [5.74, 6) is -0.125. The van der Waals surface area contributed by atoms with Gasteiger partial charge in [-0.2, -0.15) is 0 Å². The van der Waals surface area contributed by atoms with Crippen LogP contribution in [0.5, 0.6) is 0 Å². The molecule has 0 bridgehead atoms. The molecule has 0 aromatic heterocycles. The third-order valence-corrected chi connectivity index (χ3v) is 0.498. The van der Waals surface area contributed by atoms with Crippen LogP contribution in [0.1, 0.15) is 20.3 Å². The van der Waals surface area contributed by atoms with Gasteiger partial charge < -0.3 is 5.48 Å². The van der Waals surface area contributed by atoms with Crippen molar-refractivity contribution in [3.8, 4) is 0 Å². The van der Waals surface area contributed by atoms with Crippen LogP contribution in [0.15, 0.2) is 0 Å². The molecule has 0 amide bonds. The SMILES string of the molecule is CC(=O)CC(C)=O.O.[Ti]. The van der Waals surface area contributed by atoms with Crippen molar-refractivity contribution in [2.75, 3.05) is 0 Å². The topological polar surface area (TPSA) is 65.6 Å². The van der Waals surface area contributed by atoms with Crippen LogP contribution in [0, 0.1) is 0 Å². The summed E-state index contributed by atoms with van der Waals surface area (Å²) in [6.07, 6.45) is 0.0833. The summed E-state index contributed by atoms with van der Waals surface area (Å²) in [4.78, 5) is 20.1. The van der Waals surface area contributed by atoms with Crippen molar-refractivity contribution in [2.45, 2.75) is 20.3 Å². The van der Waals surface area contributed by atoms with E-state index < -0.39 is 0 Å². The van der Waals surface area contributed by atoms with E-state index in [9.17, 15) is 9.59 Å². The predicted molar refractivity (Wildman–Crippen MR) is 29.6 cm³/mol. The molecule has 0 aromatic carbocycles. The fourth-order valence-electron chi connectivity index (χ4n) is 0.351. The van der Waals surface area contributed by atoms with Crippen molar-refractivity contribution in [3.63, 3.8) is 0 Å². The summed E-state index contributed by atoms with van der Waals surface area (Å²) in [6.45, 7) is 2.81. The molecule has 0 radical (unpaired) electrons. The number of carbonyl (C=O) groups excluding carboxylic acids is 2. The summed E-state index contributed by atoms with van der Waals surface area (Å²) in [5, 5.41) is 0. The first-order chi connectivity index (χ1) is 3.13. The van der Waals surface area contributed by atoms with E-state index in [1.807, 2.05) is 0 Å². The Morgan fingerprint density at radius 3 is 1.33 bits per heavy atom. The molecular weight excluding hydrogens is 156 g/mol. The molecule has 0 aliphatic heterocycles. The number of hydrogen-bond acceptors (Lipinski definition) is 2. The van der Waals surface area contributed by atoms with E-state index in [4.69, 9.17) is 0 Å². The first-order valence-corrected chi connectivity index (χ1v) is 2.12. The van der Waals surface area contributed by atoms with Gasteiger partial charge in [0.1, 0.15) is 11.6 Å². The second-order valence-electron chi connectivity index (χ2n) is 1.58. The fourth-order valence-corrected chi connectivity index (χ4v) is 0.351. The molecule has 3 nitrogen and oxygen atoms in total. The van der Waals surface area contributed by atoms with Crippen molar-refractivity contribution in [1.82, 2.24) is 0 Å². The van der Waals surface area contributed by atoms with E-state index in [1.54, 1.807) is 0 Å². The van der Waals surface area contributed by atoms with Crippen molar-refractivity contribution in [1.29, 1.82) is 0 Å². The van der Waals surface area contributed by atoms with Gasteiger partial charge in [-0.05, 0) is 13.8 Å². The maximum atomic E-state index is 10.0. The maximum Gasteiger partial charge on any atom is 0.137 e. The molecule has 2 N–H and O–H groups in total. The van der Waals surface area contributed by atoms with E-state index >= 15 is 0 Å². The van der Waals surface area contributed by atoms with Gasteiger partial charge in [-0.1, -0.05) is 0 Å². The first kappa shape index (κ1) is 16.0. The van der Waals surface area contributed by atoms with Gasteiger partial charge in [0, 0.05) is 21.7 Å². The third kappa shape index (κ3) is 18.0.